The molecular formula is C20H17BrClNO2S. The Morgan fingerprint density at radius 3 is 2.46 bits per heavy atom. The summed E-state index contributed by atoms with van der Waals surface area (Å²) < 4.78 is 27.7. The molecule has 0 N–H and O–H groups in total. The lowest BCUT2D eigenvalue weighted by Gasteiger charge is -2.20. The van der Waals surface area contributed by atoms with Crippen molar-refractivity contribution in [3.05, 3.63) is 93.0 Å². The molecule has 134 valence electrons. The number of aryl methyl sites for hydroxylation is 1. The van der Waals surface area contributed by atoms with Crippen LogP contribution in [0.25, 0.3) is 0 Å². The van der Waals surface area contributed by atoms with Gasteiger partial charge in [0.25, 0.3) is 0 Å². The van der Waals surface area contributed by atoms with E-state index in [1.165, 1.54) is 6.20 Å². The van der Waals surface area contributed by atoms with Gasteiger partial charge in [-0.1, -0.05) is 70.0 Å². The normalized spacial score (nSPS) is 12.7. The van der Waals surface area contributed by atoms with Crippen LogP contribution in [0.5, 0.6) is 0 Å². The second kappa shape index (κ2) is 7.91. The standard InChI is InChI=1S/C20H17BrClNO2S/c1-14-6-5-11-23-20(14)26(24,25)19(12-15-7-3-2-4-8-15)17-10-9-16(21)13-18(17)22/h2-11,13,19H,12H2,1H3. The molecule has 0 spiro atoms. The Morgan fingerprint density at radius 1 is 1.08 bits per heavy atom. The van der Waals surface area contributed by atoms with Gasteiger partial charge >= 0.3 is 0 Å². The highest BCUT2D eigenvalue weighted by Crippen LogP contribution is 2.37. The van der Waals surface area contributed by atoms with Gasteiger partial charge in [0, 0.05) is 15.7 Å². The first kappa shape index (κ1) is 19.1. The van der Waals surface area contributed by atoms with Crippen molar-refractivity contribution in [2.24, 2.45) is 0 Å². The van der Waals surface area contributed by atoms with Gasteiger partial charge in [0.2, 0.25) is 9.84 Å². The molecule has 3 nitrogen and oxygen atoms in total. The summed E-state index contributed by atoms with van der Waals surface area (Å²) in [7, 11) is -3.73. The van der Waals surface area contributed by atoms with E-state index >= 15 is 0 Å². The molecule has 0 saturated heterocycles. The van der Waals surface area contributed by atoms with Crippen molar-refractivity contribution in [1.82, 2.24) is 4.98 Å². The Labute approximate surface area is 167 Å². The highest BCUT2D eigenvalue weighted by atomic mass is 79.9. The number of rotatable bonds is 5. The molecule has 1 unspecified atom stereocenters. The van der Waals surface area contributed by atoms with E-state index in [0.717, 1.165) is 10.0 Å². The molecule has 1 aromatic heterocycles. The second-order valence-corrected chi connectivity index (χ2v) is 9.38. The average molecular weight is 451 g/mol. The first-order chi connectivity index (χ1) is 12.4. The SMILES string of the molecule is Cc1cccnc1S(=O)(=O)C(Cc1ccccc1)c1ccc(Br)cc1Cl. The monoisotopic (exact) mass is 449 g/mol. The minimum atomic E-state index is -3.73. The van der Waals surface area contributed by atoms with Crippen molar-refractivity contribution >= 4 is 37.4 Å². The molecule has 0 fully saturated rings. The van der Waals surface area contributed by atoms with E-state index in [0.29, 0.717) is 22.6 Å². The maximum atomic E-state index is 13.5. The Kier molecular flexibility index (Phi) is 5.80. The Bertz CT molecular complexity index is 1020. The van der Waals surface area contributed by atoms with Gasteiger partial charge in [-0.2, -0.15) is 0 Å². The lowest BCUT2D eigenvalue weighted by Crippen LogP contribution is -2.19. The summed E-state index contributed by atoms with van der Waals surface area (Å²) in [6.45, 7) is 1.75. The van der Waals surface area contributed by atoms with Crippen molar-refractivity contribution in [2.45, 2.75) is 23.6 Å². The molecule has 0 amide bonds. The fraction of sp³-hybridized carbons (Fsp3) is 0.150. The Morgan fingerprint density at radius 2 is 1.81 bits per heavy atom. The van der Waals surface area contributed by atoms with Gasteiger partial charge < -0.3 is 0 Å². The van der Waals surface area contributed by atoms with Crippen LogP contribution in [0.4, 0.5) is 0 Å². The molecule has 0 aliphatic rings. The van der Waals surface area contributed by atoms with Crippen molar-refractivity contribution in [2.75, 3.05) is 0 Å². The molecule has 6 heteroatoms. The summed E-state index contributed by atoms with van der Waals surface area (Å²) in [6, 6.07) is 18.3. The number of hydrogen-bond acceptors (Lipinski definition) is 3. The van der Waals surface area contributed by atoms with Crippen LogP contribution in [-0.2, 0) is 16.3 Å². The van der Waals surface area contributed by atoms with Crippen LogP contribution in [0.15, 0.2) is 76.4 Å². The summed E-state index contributed by atoms with van der Waals surface area (Å²) in [5, 5.41) is -0.309. The van der Waals surface area contributed by atoms with E-state index in [4.69, 9.17) is 11.6 Å². The summed E-state index contributed by atoms with van der Waals surface area (Å²) in [4.78, 5) is 4.14. The zero-order valence-electron chi connectivity index (χ0n) is 14.1. The van der Waals surface area contributed by atoms with Crippen molar-refractivity contribution in [3.63, 3.8) is 0 Å². The van der Waals surface area contributed by atoms with Crippen molar-refractivity contribution in [1.29, 1.82) is 0 Å². The number of nitrogens with zero attached hydrogens (tertiary/aromatic N) is 1. The molecule has 1 atom stereocenters. The fourth-order valence-electron chi connectivity index (χ4n) is 2.88. The Balaban J connectivity index is 2.15. The van der Waals surface area contributed by atoms with E-state index in [-0.39, 0.29) is 5.03 Å². The zero-order valence-corrected chi connectivity index (χ0v) is 17.2. The predicted molar refractivity (Wildman–Crippen MR) is 108 cm³/mol. The number of halogens is 2. The third-order valence-corrected chi connectivity index (χ3v) is 7.14. The van der Waals surface area contributed by atoms with Crippen LogP contribution in [-0.4, -0.2) is 13.4 Å². The predicted octanol–water partition coefficient (Wildman–Crippen LogP) is 5.56. The summed E-state index contributed by atoms with van der Waals surface area (Å²) in [5.41, 5.74) is 2.12. The smallest absolute Gasteiger partial charge is 0.203 e. The largest absolute Gasteiger partial charge is 0.244 e. The van der Waals surface area contributed by atoms with Crippen LogP contribution in [0.2, 0.25) is 5.02 Å². The lowest BCUT2D eigenvalue weighted by molar-refractivity contribution is 0.576. The van der Waals surface area contributed by atoms with E-state index in [1.54, 1.807) is 37.3 Å². The lowest BCUT2D eigenvalue weighted by atomic mass is 10.0. The zero-order chi connectivity index (χ0) is 18.7. The van der Waals surface area contributed by atoms with Crippen LogP contribution < -0.4 is 0 Å². The van der Waals surface area contributed by atoms with Crippen LogP contribution in [0.3, 0.4) is 0 Å². The van der Waals surface area contributed by atoms with E-state index < -0.39 is 15.1 Å². The maximum Gasteiger partial charge on any atom is 0.203 e. The average Bonchev–Trinajstić information content (AvgIpc) is 2.61. The molecule has 0 bridgehead atoms. The molecule has 3 aromatic rings. The van der Waals surface area contributed by atoms with Crippen molar-refractivity contribution in [3.8, 4) is 0 Å². The molecule has 2 aromatic carbocycles. The van der Waals surface area contributed by atoms with Crippen LogP contribution >= 0.6 is 27.5 Å². The second-order valence-electron chi connectivity index (χ2n) is 6.01. The molecular weight excluding hydrogens is 434 g/mol. The van der Waals surface area contributed by atoms with E-state index in [1.807, 2.05) is 30.3 Å². The third-order valence-electron chi connectivity index (χ3n) is 4.18. The van der Waals surface area contributed by atoms with Gasteiger partial charge in [0.1, 0.15) is 0 Å². The van der Waals surface area contributed by atoms with E-state index in [9.17, 15) is 8.42 Å². The molecule has 3 rings (SSSR count). The van der Waals surface area contributed by atoms with Crippen LogP contribution in [0.1, 0.15) is 21.9 Å². The summed E-state index contributed by atoms with van der Waals surface area (Å²) in [5.74, 6) is 0. The molecule has 0 saturated carbocycles. The first-order valence-corrected chi connectivity index (χ1v) is 10.8. The molecule has 1 heterocycles. The number of hydrogen-bond donors (Lipinski definition) is 0. The van der Waals surface area contributed by atoms with E-state index in [2.05, 4.69) is 20.9 Å². The summed E-state index contributed by atoms with van der Waals surface area (Å²) >= 11 is 9.78. The van der Waals surface area contributed by atoms with Gasteiger partial charge in [-0.15, -0.1) is 0 Å². The quantitative estimate of drug-likeness (QED) is 0.511. The highest BCUT2D eigenvalue weighted by Gasteiger charge is 2.33. The number of pyridine rings is 1. The van der Waals surface area contributed by atoms with Gasteiger partial charge in [-0.25, -0.2) is 13.4 Å². The topological polar surface area (TPSA) is 47.0 Å². The third kappa shape index (κ3) is 4.00. The number of sulfone groups is 1. The minimum absolute atomic E-state index is 0.0971. The molecule has 26 heavy (non-hydrogen) atoms. The van der Waals surface area contributed by atoms with Gasteiger partial charge in [0.05, 0.1) is 5.25 Å². The van der Waals surface area contributed by atoms with Gasteiger partial charge in [-0.3, -0.25) is 0 Å². The number of aromatic nitrogens is 1. The maximum absolute atomic E-state index is 13.5. The van der Waals surface area contributed by atoms with Crippen molar-refractivity contribution < 1.29 is 8.42 Å². The minimum Gasteiger partial charge on any atom is -0.244 e. The van der Waals surface area contributed by atoms with Crippen LogP contribution in [0, 0.1) is 6.92 Å². The highest BCUT2D eigenvalue weighted by molar-refractivity contribution is 9.10. The number of benzene rings is 2. The fourth-order valence-corrected chi connectivity index (χ4v) is 5.70. The van der Waals surface area contributed by atoms with Gasteiger partial charge in [-0.05, 0) is 48.2 Å². The molecule has 0 radical (unpaired) electrons. The first-order valence-electron chi connectivity index (χ1n) is 8.04. The molecule has 0 aliphatic heterocycles. The van der Waals surface area contributed by atoms with Gasteiger partial charge in [0.15, 0.2) is 5.03 Å². The summed E-state index contributed by atoms with van der Waals surface area (Å²) in [6.07, 6.45) is 1.82. The Hall–Kier alpha value is -1.69. The molecule has 0 aliphatic carbocycles.